The van der Waals surface area contributed by atoms with Crippen LogP contribution in [0.15, 0.2) is 23.6 Å². The highest BCUT2D eigenvalue weighted by atomic mass is 32.1. The number of hydrogen-bond donors (Lipinski definition) is 0. The molecule has 0 N–H and O–H groups in total. The lowest BCUT2D eigenvalue weighted by atomic mass is 10.1. The van der Waals surface area contributed by atoms with Gasteiger partial charge in [0.15, 0.2) is 0 Å². The maximum Gasteiger partial charge on any atom is 0.119 e. The predicted molar refractivity (Wildman–Crippen MR) is 67.7 cm³/mol. The highest BCUT2D eigenvalue weighted by Gasteiger charge is 2.05. The molecule has 0 aliphatic rings. The summed E-state index contributed by atoms with van der Waals surface area (Å²) in [6.45, 7) is 4.84. The number of hydrogen-bond acceptors (Lipinski definition) is 3. The molecule has 1 heterocycles. The number of aryl methyl sites for hydroxylation is 2. The Bertz CT molecular complexity index is 490. The molecule has 3 heteroatoms. The van der Waals surface area contributed by atoms with Crippen molar-refractivity contribution in [2.45, 2.75) is 20.5 Å². The average Bonchev–Trinajstić information content (AvgIpc) is 2.71. The van der Waals surface area contributed by atoms with E-state index < -0.39 is 0 Å². The van der Waals surface area contributed by atoms with E-state index in [9.17, 15) is 0 Å². The second-order valence-corrected chi connectivity index (χ2v) is 4.80. The summed E-state index contributed by atoms with van der Waals surface area (Å²) < 4.78 is 5.07. The molecule has 0 atom stereocenters. The maximum atomic E-state index is 5.07. The predicted octanol–water partition coefficient (Wildman–Crippen LogP) is 3.57. The molecule has 0 unspecified atom stereocenters. The van der Waals surface area contributed by atoms with Crippen molar-refractivity contribution in [3.05, 3.63) is 39.7 Å². The van der Waals surface area contributed by atoms with Gasteiger partial charge in [0.25, 0.3) is 0 Å². The number of thiazole rings is 1. The molecule has 2 aromatic rings. The number of benzene rings is 1. The SMILES string of the molecule is COCc1nc(-c2ccc(C)c(C)c2)cs1. The Kier molecular flexibility index (Phi) is 3.36. The van der Waals surface area contributed by atoms with Crippen molar-refractivity contribution in [1.29, 1.82) is 0 Å². The standard InChI is InChI=1S/C13H15NOS/c1-9-4-5-11(6-10(9)2)12-8-16-13(14-12)7-15-3/h4-6,8H,7H2,1-3H3. The van der Waals surface area contributed by atoms with E-state index in [4.69, 9.17) is 4.74 Å². The summed E-state index contributed by atoms with van der Waals surface area (Å²) >= 11 is 1.64. The van der Waals surface area contributed by atoms with Crippen LogP contribution in [0, 0.1) is 13.8 Å². The lowest BCUT2D eigenvalue weighted by Crippen LogP contribution is -1.87. The summed E-state index contributed by atoms with van der Waals surface area (Å²) in [4.78, 5) is 4.53. The fourth-order valence-corrected chi connectivity index (χ4v) is 2.31. The van der Waals surface area contributed by atoms with Crippen LogP contribution in [0.5, 0.6) is 0 Å². The van der Waals surface area contributed by atoms with Crippen LogP contribution in [0.25, 0.3) is 11.3 Å². The minimum atomic E-state index is 0.593. The minimum Gasteiger partial charge on any atom is -0.378 e. The summed E-state index contributed by atoms with van der Waals surface area (Å²) in [7, 11) is 1.69. The van der Waals surface area contributed by atoms with Crippen LogP contribution in [0.2, 0.25) is 0 Å². The van der Waals surface area contributed by atoms with E-state index in [0.717, 1.165) is 10.7 Å². The molecule has 0 amide bonds. The van der Waals surface area contributed by atoms with Crippen LogP contribution < -0.4 is 0 Å². The summed E-state index contributed by atoms with van der Waals surface area (Å²) in [5.41, 5.74) is 4.84. The highest BCUT2D eigenvalue weighted by molar-refractivity contribution is 7.09. The lowest BCUT2D eigenvalue weighted by Gasteiger charge is -2.02. The Labute approximate surface area is 99.9 Å². The van der Waals surface area contributed by atoms with Crippen molar-refractivity contribution < 1.29 is 4.74 Å². The molecule has 16 heavy (non-hydrogen) atoms. The molecule has 0 saturated heterocycles. The van der Waals surface area contributed by atoms with Gasteiger partial charge in [0.2, 0.25) is 0 Å². The van der Waals surface area contributed by atoms with Gasteiger partial charge in [-0.15, -0.1) is 11.3 Å². The van der Waals surface area contributed by atoms with Gasteiger partial charge < -0.3 is 4.74 Å². The largest absolute Gasteiger partial charge is 0.378 e. The van der Waals surface area contributed by atoms with Gasteiger partial charge in [-0.1, -0.05) is 12.1 Å². The molecule has 0 aliphatic carbocycles. The van der Waals surface area contributed by atoms with Crippen molar-refractivity contribution in [3.8, 4) is 11.3 Å². The Morgan fingerprint density at radius 1 is 1.25 bits per heavy atom. The first-order chi connectivity index (χ1) is 7.70. The zero-order valence-electron chi connectivity index (χ0n) is 9.78. The normalized spacial score (nSPS) is 10.7. The van der Waals surface area contributed by atoms with E-state index in [2.05, 4.69) is 42.4 Å². The molecule has 2 nitrogen and oxygen atoms in total. The number of methoxy groups -OCH3 is 1. The first-order valence-electron chi connectivity index (χ1n) is 5.21. The highest BCUT2D eigenvalue weighted by Crippen LogP contribution is 2.24. The summed E-state index contributed by atoms with van der Waals surface area (Å²) in [5, 5.41) is 3.11. The summed E-state index contributed by atoms with van der Waals surface area (Å²) in [6, 6.07) is 6.44. The molecule has 0 saturated carbocycles. The molecule has 1 aromatic carbocycles. The van der Waals surface area contributed by atoms with Crippen LogP contribution >= 0.6 is 11.3 Å². The third-order valence-electron chi connectivity index (χ3n) is 2.62. The molecule has 0 aliphatic heterocycles. The Morgan fingerprint density at radius 2 is 2.06 bits per heavy atom. The molecule has 84 valence electrons. The zero-order valence-corrected chi connectivity index (χ0v) is 10.6. The van der Waals surface area contributed by atoms with Crippen LogP contribution in [0.1, 0.15) is 16.1 Å². The Balaban J connectivity index is 2.31. The molecule has 0 fully saturated rings. The minimum absolute atomic E-state index is 0.593. The number of ether oxygens (including phenoxy) is 1. The zero-order chi connectivity index (χ0) is 11.5. The van der Waals surface area contributed by atoms with Gasteiger partial charge in [-0.3, -0.25) is 0 Å². The number of aromatic nitrogens is 1. The fourth-order valence-electron chi connectivity index (χ4n) is 1.53. The molecule has 0 spiro atoms. The van der Waals surface area contributed by atoms with Crippen molar-refractivity contribution in [2.75, 3.05) is 7.11 Å². The second-order valence-electron chi connectivity index (χ2n) is 3.86. The summed E-state index contributed by atoms with van der Waals surface area (Å²) in [5.74, 6) is 0. The monoisotopic (exact) mass is 233 g/mol. The van der Waals surface area contributed by atoms with E-state index in [-0.39, 0.29) is 0 Å². The van der Waals surface area contributed by atoms with Crippen LogP contribution in [-0.2, 0) is 11.3 Å². The Hall–Kier alpha value is -1.19. The van der Waals surface area contributed by atoms with Gasteiger partial charge in [0.1, 0.15) is 5.01 Å². The van der Waals surface area contributed by atoms with Gasteiger partial charge in [0, 0.05) is 18.1 Å². The third kappa shape index (κ3) is 2.31. The molecule has 2 rings (SSSR count). The summed E-state index contributed by atoms with van der Waals surface area (Å²) in [6.07, 6.45) is 0. The first kappa shape index (κ1) is 11.3. The van der Waals surface area contributed by atoms with E-state index in [1.54, 1.807) is 18.4 Å². The van der Waals surface area contributed by atoms with E-state index in [0.29, 0.717) is 6.61 Å². The molecule has 0 radical (unpaired) electrons. The van der Waals surface area contributed by atoms with Gasteiger partial charge >= 0.3 is 0 Å². The quantitative estimate of drug-likeness (QED) is 0.808. The second kappa shape index (κ2) is 4.76. The van der Waals surface area contributed by atoms with Crippen LogP contribution in [0.3, 0.4) is 0 Å². The molecular formula is C13H15NOS. The van der Waals surface area contributed by atoms with E-state index in [1.807, 2.05) is 0 Å². The van der Waals surface area contributed by atoms with Crippen LogP contribution in [-0.4, -0.2) is 12.1 Å². The third-order valence-corrected chi connectivity index (χ3v) is 3.44. The molecular weight excluding hydrogens is 218 g/mol. The van der Waals surface area contributed by atoms with Gasteiger partial charge in [-0.05, 0) is 31.0 Å². The van der Waals surface area contributed by atoms with E-state index in [1.165, 1.54) is 16.7 Å². The van der Waals surface area contributed by atoms with Gasteiger partial charge in [0.05, 0.1) is 12.3 Å². The Morgan fingerprint density at radius 3 is 2.75 bits per heavy atom. The van der Waals surface area contributed by atoms with Crippen LogP contribution in [0.4, 0.5) is 0 Å². The fraction of sp³-hybridized carbons (Fsp3) is 0.308. The molecule has 1 aromatic heterocycles. The smallest absolute Gasteiger partial charge is 0.119 e. The molecule has 0 bridgehead atoms. The van der Waals surface area contributed by atoms with E-state index >= 15 is 0 Å². The number of nitrogens with zero attached hydrogens (tertiary/aromatic N) is 1. The van der Waals surface area contributed by atoms with Crippen molar-refractivity contribution in [3.63, 3.8) is 0 Å². The van der Waals surface area contributed by atoms with Crippen molar-refractivity contribution in [1.82, 2.24) is 4.98 Å². The van der Waals surface area contributed by atoms with Gasteiger partial charge in [-0.2, -0.15) is 0 Å². The van der Waals surface area contributed by atoms with Crippen molar-refractivity contribution in [2.24, 2.45) is 0 Å². The number of rotatable bonds is 3. The lowest BCUT2D eigenvalue weighted by molar-refractivity contribution is 0.184. The average molecular weight is 233 g/mol. The van der Waals surface area contributed by atoms with Gasteiger partial charge in [-0.25, -0.2) is 4.98 Å². The topological polar surface area (TPSA) is 22.1 Å². The first-order valence-corrected chi connectivity index (χ1v) is 6.09. The van der Waals surface area contributed by atoms with Crippen molar-refractivity contribution >= 4 is 11.3 Å². The maximum absolute atomic E-state index is 5.07.